The molecule has 1 N–H and O–H groups in total. The molecule has 20 heavy (non-hydrogen) atoms. The van der Waals surface area contributed by atoms with Gasteiger partial charge in [0.15, 0.2) is 0 Å². The van der Waals surface area contributed by atoms with Crippen LogP contribution in [0.15, 0.2) is 17.5 Å². The highest BCUT2D eigenvalue weighted by molar-refractivity contribution is 9.09. The van der Waals surface area contributed by atoms with Crippen LogP contribution in [-0.4, -0.2) is 22.6 Å². The van der Waals surface area contributed by atoms with Gasteiger partial charge in [-0.05, 0) is 47.7 Å². The van der Waals surface area contributed by atoms with Crippen LogP contribution in [0.1, 0.15) is 18.4 Å². The van der Waals surface area contributed by atoms with E-state index in [-0.39, 0.29) is 6.04 Å². The molecule has 1 aromatic heterocycles. The molecule has 1 heterocycles. The van der Waals surface area contributed by atoms with Crippen molar-refractivity contribution in [3.8, 4) is 0 Å². The summed E-state index contributed by atoms with van der Waals surface area (Å²) < 4.78 is 1.01. The lowest BCUT2D eigenvalue weighted by Crippen LogP contribution is -2.31. The summed E-state index contributed by atoms with van der Waals surface area (Å²) in [4.78, 5) is 13.0. The summed E-state index contributed by atoms with van der Waals surface area (Å²) in [6.45, 7) is 0. The summed E-state index contributed by atoms with van der Waals surface area (Å²) in [6, 6.07) is 3.81. The van der Waals surface area contributed by atoms with E-state index in [1.165, 1.54) is 10.5 Å². The van der Waals surface area contributed by atoms with Gasteiger partial charge in [-0.2, -0.15) is 0 Å². The standard InChI is InChI=1S/C14H13BrClNO2S/c15-4-3-8-7-20-13-11(8)5-9(16)6-12(13)17(14(18)19)10-1-2-10/h5-7,10H,1-4H2,(H,18,19). The summed E-state index contributed by atoms with van der Waals surface area (Å²) in [6.07, 6.45) is 1.88. The van der Waals surface area contributed by atoms with Gasteiger partial charge in [-0.1, -0.05) is 27.5 Å². The lowest BCUT2D eigenvalue weighted by Gasteiger charge is -2.20. The van der Waals surface area contributed by atoms with E-state index in [1.54, 1.807) is 17.4 Å². The Bertz CT molecular complexity index is 668. The van der Waals surface area contributed by atoms with Gasteiger partial charge in [0.1, 0.15) is 0 Å². The van der Waals surface area contributed by atoms with E-state index in [1.807, 2.05) is 6.07 Å². The molecular formula is C14H13BrClNO2S. The SMILES string of the molecule is O=C(O)N(c1cc(Cl)cc2c(CCBr)csc12)C1CC1. The first-order valence-corrected chi connectivity index (χ1v) is 8.77. The van der Waals surface area contributed by atoms with E-state index in [4.69, 9.17) is 11.6 Å². The number of benzene rings is 1. The molecule has 1 amide bonds. The first kappa shape index (κ1) is 14.2. The molecule has 1 fully saturated rings. The van der Waals surface area contributed by atoms with E-state index < -0.39 is 6.09 Å². The van der Waals surface area contributed by atoms with Crippen molar-refractivity contribution in [3.05, 3.63) is 28.1 Å². The van der Waals surface area contributed by atoms with Gasteiger partial charge in [-0.15, -0.1) is 11.3 Å². The number of fused-ring (bicyclic) bond motifs is 1. The molecule has 0 radical (unpaired) electrons. The summed E-state index contributed by atoms with van der Waals surface area (Å²) in [5.74, 6) is 0. The Morgan fingerprint density at radius 1 is 1.50 bits per heavy atom. The molecule has 3 nitrogen and oxygen atoms in total. The fourth-order valence-corrected chi connectivity index (χ4v) is 4.14. The number of alkyl halides is 1. The maximum Gasteiger partial charge on any atom is 0.412 e. The fraction of sp³-hybridized carbons (Fsp3) is 0.357. The van der Waals surface area contributed by atoms with Crippen molar-refractivity contribution < 1.29 is 9.90 Å². The van der Waals surface area contributed by atoms with Crippen LogP contribution in [0.3, 0.4) is 0 Å². The van der Waals surface area contributed by atoms with Crippen molar-refractivity contribution in [2.24, 2.45) is 0 Å². The maximum atomic E-state index is 11.5. The molecule has 106 valence electrons. The Hall–Kier alpha value is -0.780. The lowest BCUT2D eigenvalue weighted by molar-refractivity contribution is 0.201. The Kier molecular flexibility index (Phi) is 3.93. The van der Waals surface area contributed by atoms with Crippen LogP contribution in [0, 0.1) is 0 Å². The number of amides is 1. The van der Waals surface area contributed by atoms with Gasteiger partial charge in [0.25, 0.3) is 0 Å². The van der Waals surface area contributed by atoms with Crippen LogP contribution in [0.2, 0.25) is 5.02 Å². The fourth-order valence-electron chi connectivity index (χ4n) is 2.40. The smallest absolute Gasteiger partial charge is 0.412 e. The molecular weight excluding hydrogens is 362 g/mol. The van der Waals surface area contributed by atoms with Crippen molar-refractivity contribution >= 4 is 60.7 Å². The monoisotopic (exact) mass is 373 g/mol. The highest BCUT2D eigenvalue weighted by atomic mass is 79.9. The van der Waals surface area contributed by atoms with Crippen LogP contribution in [0.5, 0.6) is 0 Å². The third kappa shape index (κ3) is 2.54. The lowest BCUT2D eigenvalue weighted by atomic mass is 10.1. The number of thiophene rings is 1. The molecule has 0 aliphatic heterocycles. The number of halogens is 2. The van der Waals surface area contributed by atoms with Crippen LogP contribution >= 0.6 is 38.9 Å². The Morgan fingerprint density at radius 2 is 2.25 bits per heavy atom. The number of nitrogens with zero attached hydrogens (tertiary/aromatic N) is 1. The predicted octanol–water partition coefficient (Wildman–Crippen LogP) is 5.14. The first-order valence-electron chi connectivity index (χ1n) is 6.39. The van der Waals surface area contributed by atoms with Crippen LogP contribution in [0.25, 0.3) is 10.1 Å². The third-order valence-corrected chi connectivity index (χ3v) is 5.12. The van der Waals surface area contributed by atoms with E-state index >= 15 is 0 Å². The first-order chi connectivity index (χ1) is 9.61. The molecule has 0 bridgehead atoms. The van der Waals surface area contributed by atoms with E-state index in [2.05, 4.69) is 21.3 Å². The minimum absolute atomic E-state index is 0.107. The maximum absolute atomic E-state index is 11.5. The summed E-state index contributed by atoms with van der Waals surface area (Å²) in [7, 11) is 0. The Morgan fingerprint density at radius 3 is 2.85 bits per heavy atom. The Labute approximate surface area is 134 Å². The molecule has 0 unspecified atom stereocenters. The largest absolute Gasteiger partial charge is 0.465 e. The number of carboxylic acid groups (broad SMARTS) is 1. The van der Waals surface area contributed by atoms with Crippen molar-refractivity contribution in [1.29, 1.82) is 0 Å². The molecule has 1 aliphatic rings. The third-order valence-electron chi connectivity index (χ3n) is 3.44. The average molecular weight is 375 g/mol. The van der Waals surface area contributed by atoms with Crippen molar-refractivity contribution in [1.82, 2.24) is 0 Å². The van der Waals surface area contributed by atoms with E-state index in [0.29, 0.717) is 5.02 Å². The van der Waals surface area contributed by atoms with Crippen molar-refractivity contribution in [2.45, 2.75) is 25.3 Å². The topological polar surface area (TPSA) is 40.5 Å². The second kappa shape index (κ2) is 5.54. The summed E-state index contributed by atoms with van der Waals surface area (Å²) in [5.41, 5.74) is 1.94. The number of anilines is 1. The predicted molar refractivity (Wildman–Crippen MR) is 87.9 cm³/mol. The molecule has 0 spiro atoms. The molecule has 2 aromatic rings. The zero-order valence-corrected chi connectivity index (χ0v) is 13.8. The van der Waals surface area contributed by atoms with Gasteiger partial charge in [0, 0.05) is 16.4 Å². The van der Waals surface area contributed by atoms with Gasteiger partial charge in [0.05, 0.1) is 10.4 Å². The van der Waals surface area contributed by atoms with Gasteiger partial charge < -0.3 is 5.11 Å². The number of aryl methyl sites for hydroxylation is 1. The van der Waals surface area contributed by atoms with Gasteiger partial charge in [0.2, 0.25) is 0 Å². The second-order valence-electron chi connectivity index (χ2n) is 4.89. The molecule has 0 atom stereocenters. The van der Waals surface area contributed by atoms with Crippen molar-refractivity contribution in [3.63, 3.8) is 0 Å². The molecule has 1 aromatic carbocycles. The molecule has 1 aliphatic carbocycles. The molecule has 6 heteroatoms. The minimum atomic E-state index is -0.897. The van der Waals surface area contributed by atoms with Crippen LogP contribution in [0.4, 0.5) is 10.5 Å². The second-order valence-corrected chi connectivity index (χ2v) is 6.99. The summed E-state index contributed by atoms with van der Waals surface area (Å²) in [5, 5.41) is 14.1. The highest BCUT2D eigenvalue weighted by Gasteiger charge is 2.35. The zero-order valence-electron chi connectivity index (χ0n) is 10.6. The van der Waals surface area contributed by atoms with Crippen LogP contribution < -0.4 is 4.90 Å². The molecule has 1 saturated carbocycles. The molecule has 0 saturated heterocycles. The molecule has 3 rings (SSSR count). The zero-order chi connectivity index (χ0) is 14.3. The summed E-state index contributed by atoms with van der Waals surface area (Å²) >= 11 is 11.2. The van der Waals surface area contributed by atoms with Gasteiger partial charge in [-0.25, -0.2) is 4.79 Å². The Balaban J connectivity index is 2.16. The van der Waals surface area contributed by atoms with E-state index in [9.17, 15) is 9.90 Å². The van der Waals surface area contributed by atoms with E-state index in [0.717, 1.165) is 40.4 Å². The van der Waals surface area contributed by atoms with Crippen LogP contribution in [-0.2, 0) is 6.42 Å². The van der Waals surface area contributed by atoms with Gasteiger partial charge >= 0.3 is 6.09 Å². The number of carbonyl (C=O) groups is 1. The number of hydrogen-bond donors (Lipinski definition) is 1. The number of hydrogen-bond acceptors (Lipinski definition) is 2. The number of rotatable bonds is 4. The minimum Gasteiger partial charge on any atom is -0.465 e. The normalized spacial score (nSPS) is 14.7. The quantitative estimate of drug-likeness (QED) is 0.753. The highest BCUT2D eigenvalue weighted by Crippen LogP contribution is 2.41. The van der Waals surface area contributed by atoms with Gasteiger partial charge in [-0.3, -0.25) is 4.90 Å². The average Bonchev–Trinajstić information content (AvgIpc) is 3.13. The van der Waals surface area contributed by atoms with Crippen molar-refractivity contribution in [2.75, 3.05) is 10.2 Å².